The molecule has 0 saturated carbocycles. The van der Waals surface area contributed by atoms with E-state index in [2.05, 4.69) is 4.98 Å². The normalized spacial score (nSPS) is 12.2. The molecule has 1 aromatic heterocycles. The highest BCUT2D eigenvalue weighted by molar-refractivity contribution is 7.76. The summed E-state index contributed by atoms with van der Waals surface area (Å²) in [4.78, 5) is 15.8. The summed E-state index contributed by atoms with van der Waals surface area (Å²) in [5.41, 5.74) is 0.505. The lowest BCUT2D eigenvalue weighted by Gasteiger charge is -2.16. The Morgan fingerprint density at radius 1 is 1.65 bits per heavy atom. The third-order valence-electron chi connectivity index (χ3n) is 2.24. The Bertz CT molecular complexity index is 542. The maximum absolute atomic E-state index is 11.9. The van der Waals surface area contributed by atoms with Gasteiger partial charge in [-0.3, -0.25) is 4.55 Å². The minimum atomic E-state index is -2.31. The summed E-state index contributed by atoms with van der Waals surface area (Å²) in [5.74, 6) is -0.601. The fraction of sp³-hybridized carbons (Fsp3) is 0.417. The topological polar surface area (TPSA) is 104 Å². The van der Waals surface area contributed by atoms with Crippen molar-refractivity contribution in [3.63, 3.8) is 0 Å². The number of hydrogen-bond donors (Lipinski definition) is 1. The van der Waals surface area contributed by atoms with Crippen molar-refractivity contribution in [3.05, 3.63) is 29.6 Å². The van der Waals surface area contributed by atoms with E-state index in [9.17, 15) is 9.00 Å². The highest BCUT2D eigenvalue weighted by Crippen LogP contribution is 2.12. The lowest BCUT2D eigenvalue weighted by atomic mass is 10.2. The van der Waals surface area contributed by atoms with Crippen LogP contribution in [0.2, 0.25) is 0 Å². The van der Waals surface area contributed by atoms with Crippen LogP contribution in [0, 0.1) is 11.3 Å². The Kier molecular flexibility index (Phi) is 6.24. The summed E-state index contributed by atoms with van der Waals surface area (Å²) in [7, 11) is 0. The van der Waals surface area contributed by atoms with Crippen LogP contribution in [0.4, 0.5) is 0 Å². The van der Waals surface area contributed by atoms with Gasteiger partial charge in [-0.05, 0) is 19.9 Å². The predicted molar refractivity (Wildman–Crippen MR) is 71.6 cm³/mol. The second-order valence-corrected chi connectivity index (χ2v) is 5.13. The van der Waals surface area contributed by atoms with Crippen LogP contribution in [-0.2, 0) is 22.5 Å². The van der Waals surface area contributed by atoms with Crippen LogP contribution in [0.5, 0.6) is 0 Å². The molecule has 0 amide bonds. The minimum Gasteiger partial charge on any atom is -0.458 e. The van der Waals surface area contributed by atoms with E-state index in [-0.39, 0.29) is 24.9 Å². The van der Waals surface area contributed by atoms with Crippen molar-refractivity contribution >= 4 is 17.2 Å². The smallest absolute Gasteiger partial charge is 0.357 e. The van der Waals surface area contributed by atoms with E-state index < -0.39 is 17.2 Å². The van der Waals surface area contributed by atoms with Gasteiger partial charge in [-0.15, -0.1) is 0 Å². The molecular formula is C12H15N3O4S. The molecule has 1 N–H and O–H groups in total. The van der Waals surface area contributed by atoms with Crippen LogP contribution in [-0.4, -0.2) is 36.7 Å². The highest BCUT2D eigenvalue weighted by Gasteiger charge is 2.19. The third-order valence-corrected chi connectivity index (χ3v) is 2.94. The number of esters is 1. The van der Waals surface area contributed by atoms with Gasteiger partial charge in [0.05, 0.1) is 12.2 Å². The predicted octanol–water partition coefficient (Wildman–Crippen LogP) is 1.11. The Balaban J connectivity index is 2.98. The Morgan fingerprint density at radius 2 is 2.35 bits per heavy atom. The van der Waals surface area contributed by atoms with Crippen molar-refractivity contribution in [2.45, 2.75) is 26.5 Å². The zero-order valence-corrected chi connectivity index (χ0v) is 12.0. The maximum Gasteiger partial charge on any atom is 0.357 e. The summed E-state index contributed by atoms with van der Waals surface area (Å²) >= 11 is -2.31. The average Bonchev–Trinajstić information content (AvgIpc) is 2.37. The van der Waals surface area contributed by atoms with E-state index >= 15 is 0 Å². The van der Waals surface area contributed by atoms with Gasteiger partial charge in [0, 0.05) is 18.3 Å². The first-order valence-electron chi connectivity index (χ1n) is 5.83. The Labute approximate surface area is 119 Å². The molecule has 0 radical (unpaired) electrons. The van der Waals surface area contributed by atoms with Crippen molar-refractivity contribution in [3.8, 4) is 6.07 Å². The van der Waals surface area contributed by atoms with E-state index in [0.717, 1.165) is 4.31 Å². The van der Waals surface area contributed by atoms with Gasteiger partial charge < -0.3 is 4.74 Å². The fourth-order valence-electron chi connectivity index (χ4n) is 1.46. The van der Waals surface area contributed by atoms with Gasteiger partial charge in [0.15, 0.2) is 5.69 Å². The molecule has 0 spiro atoms. The van der Waals surface area contributed by atoms with E-state index in [1.165, 1.54) is 6.20 Å². The number of rotatable bonds is 6. The Hall–Kier alpha value is -1.82. The number of carbonyl (C=O) groups is 1. The number of aromatic nitrogens is 1. The summed E-state index contributed by atoms with van der Waals surface area (Å²) in [6, 6.07) is 4.99. The molecule has 1 unspecified atom stereocenters. The zero-order valence-electron chi connectivity index (χ0n) is 11.1. The fourth-order valence-corrected chi connectivity index (χ4v) is 1.87. The molecule has 0 aromatic carbocycles. The number of pyridine rings is 1. The quantitative estimate of drug-likeness (QED) is 0.479. The largest absolute Gasteiger partial charge is 0.458 e. The molecule has 7 nitrogen and oxygen atoms in total. The second-order valence-electron chi connectivity index (χ2n) is 4.15. The van der Waals surface area contributed by atoms with Crippen molar-refractivity contribution in [1.82, 2.24) is 9.29 Å². The highest BCUT2D eigenvalue weighted by atomic mass is 32.2. The second kappa shape index (κ2) is 7.69. The van der Waals surface area contributed by atoms with E-state index in [1.807, 2.05) is 0 Å². The molecule has 1 aromatic rings. The molecule has 1 rings (SSSR count). The number of ether oxygens (including phenoxy) is 1. The zero-order chi connectivity index (χ0) is 15.1. The first-order valence-corrected chi connectivity index (χ1v) is 6.89. The van der Waals surface area contributed by atoms with Crippen LogP contribution in [0.1, 0.15) is 29.9 Å². The molecular weight excluding hydrogens is 282 g/mol. The lowest BCUT2D eigenvalue weighted by molar-refractivity contribution is 0.0368. The third kappa shape index (κ3) is 4.70. The molecule has 0 bridgehead atoms. The van der Waals surface area contributed by atoms with Gasteiger partial charge in [-0.1, -0.05) is 6.07 Å². The molecule has 20 heavy (non-hydrogen) atoms. The average molecular weight is 297 g/mol. The van der Waals surface area contributed by atoms with Gasteiger partial charge in [0.25, 0.3) is 0 Å². The maximum atomic E-state index is 11.9. The van der Waals surface area contributed by atoms with Crippen molar-refractivity contribution in [2.24, 2.45) is 0 Å². The molecule has 0 fully saturated rings. The SMILES string of the molecule is CC(C)OC(=O)c1ncccc1CN(CC#N)S(=O)O. The molecule has 0 aliphatic rings. The van der Waals surface area contributed by atoms with Crippen LogP contribution in [0.25, 0.3) is 0 Å². The number of carbonyl (C=O) groups excluding carboxylic acids is 1. The number of nitriles is 1. The molecule has 0 aliphatic carbocycles. The molecule has 1 atom stereocenters. The lowest BCUT2D eigenvalue weighted by Crippen LogP contribution is -2.27. The van der Waals surface area contributed by atoms with Gasteiger partial charge >= 0.3 is 5.97 Å². The first-order chi connectivity index (χ1) is 9.45. The molecule has 8 heteroatoms. The summed E-state index contributed by atoms with van der Waals surface area (Å²) in [5, 5.41) is 8.62. The van der Waals surface area contributed by atoms with Gasteiger partial charge in [0.1, 0.15) is 6.54 Å². The van der Waals surface area contributed by atoms with Crippen LogP contribution in [0.3, 0.4) is 0 Å². The molecule has 1 heterocycles. The first kappa shape index (κ1) is 16.2. The van der Waals surface area contributed by atoms with E-state index in [1.54, 1.807) is 32.0 Å². The van der Waals surface area contributed by atoms with Gasteiger partial charge in [0.2, 0.25) is 11.3 Å². The standard InChI is InChI=1S/C12H15N3O4S/c1-9(2)19-12(16)11-10(4-3-6-14-11)8-15(7-5-13)20(17)18/h3-4,6,9H,7-8H2,1-2H3,(H,17,18). The monoisotopic (exact) mass is 297 g/mol. The van der Waals surface area contributed by atoms with Crippen LogP contribution in [0.15, 0.2) is 18.3 Å². The van der Waals surface area contributed by atoms with Crippen molar-refractivity contribution in [1.29, 1.82) is 5.26 Å². The van der Waals surface area contributed by atoms with E-state index in [4.69, 9.17) is 14.6 Å². The molecule has 0 aliphatic heterocycles. The summed E-state index contributed by atoms with van der Waals surface area (Å²) in [6.45, 7) is 3.14. The van der Waals surface area contributed by atoms with Crippen molar-refractivity contribution in [2.75, 3.05) is 6.54 Å². The molecule has 108 valence electrons. The van der Waals surface area contributed by atoms with Gasteiger partial charge in [-0.25, -0.2) is 14.0 Å². The minimum absolute atomic E-state index is 0.0486. The van der Waals surface area contributed by atoms with Crippen molar-refractivity contribution < 1.29 is 18.3 Å². The van der Waals surface area contributed by atoms with E-state index in [0.29, 0.717) is 5.56 Å². The Morgan fingerprint density at radius 3 is 2.90 bits per heavy atom. The molecule has 0 saturated heterocycles. The van der Waals surface area contributed by atoms with Gasteiger partial charge in [-0.2, -0.15) is 9.57 Å². The van der Waals surface area contributed by atoms with Crippen LogP contribution < -0.4 is 0 Å². The number of nitrogens with zero attached hydrogens (tertiary/aromatic N) is 3. The summed E-state index contributed by atoms with van der Waals surface area (Å²) < 4.78 is 26.3. The van der Waals surface area contributed by atoms with Crippen LogP contribution >= 0.6 is 0 Å². The summed E-state index contributed by atoms with van der Waals surface area (Å²) in [6.07, 6.45) is 1.14. The number of hydrogen-bond acceptors (Lipinski definition) is 5.